The van der Waals surface area contributed by atoms with Crippen molar-refractivity contribution in [2.24, 2.45) is 0 Å². The van der Waals surface area contributed by atoms with Gasteiger partial charge in [-0.3, -0.25) is 0 Å². The zero-order valence-electron chi connectivity index (χ0n) is 10.5. The zero-order chi connectivity index (χ0) is 12.5. The quantitative estimate of drug-likeness (QED) is 0.587. The Bertz CT molecular complexity index is 462. The summed E-state index contributed by atoms with van der Waals surface area (Å²) in [5.74, 6) is 0.896. The van der Waals surface area contributed by atoms with E-state index in [1.165, 1.54) is 5.56 Å². The van der Waals surface area contributed by atoms with Gasteiger partial charge in [-0.25, -0.2) is 0 Å². The van der Waals surface area contributed by atoms with Gasteiger partial charge in [0.15, 0.2) is 0 Å². The molecule has 0 amide bonds. The Balaban J connectivity index is 2.51. The highest BCUT2D eigenvalue weighted by atomic mass is 16.5. The van der Waals surface area contributed by atoms with Crippen LogP contribution in [-0.2, 0) is 16.6 Å². The molecule has 1 atom stereocenters. The number of hydrogen-bond acceptors (Lipinski definition) is 2. The third-order valence-electron chi connectivity index (χ3n) is 3.55. The Morgan fingerprint density at radius 2 is 2.35 bits per heavy atom. The van der Waals surface area contributed by atoms with E-state index >= 15 is 0 Å². The molecule has 2 heteroatoms. The molecule has 0 heterocycles. The average molecular weight is 230 g/mol. The molecular formula is C15H18O2. The summed E-state index contributed by atoms with van der Waals surface area (Å²) < 4.78 is 5.36. The second-order valence-electron chi connectivity index (χ2n) is 4.89. The lowest BCUT2D eigenvalue weighted by molar-refractivity contribution is -0.112. The Hall–Kier alpha value is -1.57. The number of allylic oxidation sites excluding steroid dienone is 1. The Morgan fingerprint density at radius 1 is 1.59 bits per heavy atom. The highest BCUT2D eigenvalue weighted by molar-refractivity contribution is 5.73. The van der Waals surface area contributed by atoms with Crippen LogP contribution in [0.2, 0.25) is 0 Å². The molecule has 0 fully saturated rings. The minimum Gasteiger partial charge on any atom is -0.496 e. The maximum Gasteiger partial charge on any atom is 0.130 e. The number of carbonyl (C=O) groups is 1. The summed E-state index contributed by atoms with van der Waals surface area (Å²) >= 11 is 0. The number of hydrogen-bond donors (Lipinski definition) is 0. The number of carbonyl (C=O) groups excluding carboxylic acids is 1. The van der Waals surface area contributed by atoms with Crippen LogP contribution >= 0.6 is 0 Å². The van der Waals surface area contributed by atoms with Crippen LogP contribution in [-0.4, -0.2) is 13.4 Å². The van der Waals surface area contributed by atoms with Gasteiger partial charge in [0.05, 0.1) is 12.5 Å². The fraction of sp³-hybridized carbons (Fsp3) is 0.400. The first-order valence-electron chi connectivity index (χ1n) is 5.90. The van der Waals surface area contributed by atoms with Crippen molar-refractivity contribution in [3.8, 4) is 5.75 Å². The monoisotopic (exact) mass is 230 g/mol. The van der Waals surface area contributed by atoms with E-state index in [0.29, 0.717) is 0 Å². The molecule has 0 spiro atoms. The van der Waals surface area contributed by atoms with Gasteiger partial charge in [-0.15, -0.1) is 6.58 Å². The fourth-order valence-corrected chi connectivity index (χ4v) is 2.85. The molecule has 17 heavy (non-hydrogen) atoms. The normalized spacial score (nSPS) is 22.0. The van der Waals surface area contributed by atoms with Gasteiger partial charge in [0, 0.05) is 0 Å². The second kappa shape index (κ2) is 4.36. The zero-order valence-corrected chi connectivity index (χ0v) is 10.5. The first-order chi connectivity index (χ1) is 8.13. The lowest BCUT2D eigenvalue weighted by atomic mass is 9.78. The molecule has 1 aromatic rings. The molecular weight excluding hydrogens is 212 g/mol. The maximum atomic E-state index is 11.5. The first-order valence-corrected chi connectivity index (χ1v) is 5.90. The van der Waals surface area contributed by atoms with E-state index in [0.717, 1.165) is 42.4 Å². The van der Waals surface area contributed by atoms with Crippen molar-refractivity contribution in [3.63, 3.8) is 0 Å². The summed E-state index contributed by atoms with van der Waals surface area (Å²) in [6.45, 7) is 5.91. The molecule has 0 bridgehead atoms. The average Bonchev–Trinajstić information content (AvgIpc) is 2.68. The van der Waals surface area contributed by atoms with Crippen LogP contribution in [0.15, 0.2) is 30.4 Å². The van der Waals surface area contributed by atoms with Crippen molar-refractivity contribution in [2.75, 3.05) is 7.11 Å². The molecule has 2 nitrogen and oxygen atoms in total. The molecule has 0 N–H and O–H groups in total. The van der Waals surface area contributed by atoms with Gasteiger partial charge in [-0.2, -0.15) is 0 Å². The van der Waals surface area contributed by atoms with Crippen LogP contribution in [0, 0.1) is 0 Å². The Labute approximate surface area is 102 Å². The molecule has 2 rings (SSSR count). The Morgan fingerprint density at radius 3 is 2.94 bits per heavy atom. The molecule has 1 aliphatic rings. The van der Waals surface area contributed by atoms with Crippen molar-refractivity contribution in [3.05, 3.63) is 41.5 Å². The van der Waals surface area contributed by atoms with Crippen LogP contribution in [0.1, 0.15) is 30.9 Å². The van der Waals surface area contributed by atoms with Crippen LogP contribution in [0.5, 0.6) is 5.75 Å². The van der Waals surface area contributed by atoms with Crippen molar-refractivity contribution < 1.29 is 9.53 Å². The maximum absolute atomic E-state index is 11.5. The molecule has 1 aliphatic carbocycles. The lowest BCUT2D eigenvalue weighted by Gasteiger charge is -2.24. The number of ether oxygens (including phenoxy) is 1. The standard InChI is InChI=1S/C15H18O2/c1-11(2)9-15(10-16)8-7-12-13(15)5-4-6-14(12)17-3/h4-6,10H,1,7-9H2,2-3H3. The molecule has 0 radical (unpaired) electrons. The smallest absolute Gasteiger partial charge is 0.130 e. The van der Waals surface area contributed by atoms with E-state index in [4.69, 9.17) is 4.74 Å². The van der Waals surface area contributed by atoms with E-state index in [2.05, 4.69) is 6.58 Å². The predicted octanol–water partition coefficient (Wildman–Crippen LogP) is 3.04. The van der Waals surface area contributed by atoms with Crippen LogP contribution in [0.4, 0.5) is 0 Å². The summed E-state index contributed by atoms with van der Waals surface area (Å²) in [7, 11) is 1.68. The fourth-order valence-electron chi connectivity index (χ4n) is 2.85. The highest BCUT2D eigenvalue weighted by Gasteiger charge is 2.39. The Kier molecular flexibility index (Phi) is 3.05. The molecule has 90 valence electrons. The highest BCUT2D eigenvalue weighted by Crippen LogP contribution is 2.44. The first kappa shape index (κ1) is 11.9. The van der Waals surface area contributed by atoms with Crippen molar-refractivity contribution in [2.45, 2.75) is 31.6 Å². The van der Waals surface area contributed by atoms with Gasteiger partial charge < -0.3 is 9.53 Å². The number of rotatable bonds is 4. The van der Waals surface area contributed by atoms with E-state index in [-0.39, 0.29) is 5.41 Å². The number of methoxy groups -OCH3 is 1. The number of fused-ring (bicyclic) bond motifs is 1. The van der Waals surface area contributed by atoms with Crippen LogP contribution in [0.3, 0.4) is 0 Å². The van der Waals surface area contributed by atoms with Crippen LogP contribution < -0.4 is 4.74 Å². The predicted molar refractivity (Wildman–Crippen MR) is 68.5 cm³/mol. The molecule has 0 saturated heterocycles. The molecule has 1 aromatic carbocycles. The SMILES string of the molecule is C=C(C)CC1(C=O)CCc2c(OC)cccc21. The molecule has 0 saturated carbocycles. The summed E-state index contributed by atoms with van der Waals surface area (Å²) in [6, 6.07) is 5.96. The third-order valence-corrected chi connectivity index (χ3v) is 3.55. The summed E-state index contributed by atoms with van der Waals surface area (Å²) in [5.41, 5.74) is 2.97. The molecule has 0 aliphatic heterocycles. The van der Waals surface area contributed by atoms with E-state index in [9.17, 15) is 4.79 Å². The minimum atomic E-state index is -0.379. The molecule has 0 aromatic heterocycles. The minimum absolute atomic E-state index is 0.379. The third kappa shape index (κ3) is 1.88. The van der Waals surface area contributed by atoms with E-state index in [1.54, 1.807) is 7.11 Å². The summed E-state index contributed by atoms with van der Waals surface area (Å²) in [5, 5.41) is 0. The van der Waals surface area contributed by atoms with Gasteiger partial charge in [0.2, 0.25) is 0 Å². The summed E-state index contributed by atoms with van der Waals surface area (Å²) in [4.78, 5) is 11.5. The van der Waals surface area contributed by atoms with E-state index < -0.39 is 0 Å². The van der Waals surface area contributed by atoms with Gasteiger partial charge in [0.25, 0.3) is 0 Å². The second-order valence-corrected chi connectivity index (χ2v) is 4.89. The van der Waals surface area contributed by atoms with E-state index in [1.807, 2.05) is 25.1 Å². The van der Waals surface area contributed by atoms with Gasteiger partial charge in [0.1, 0.15) is 12.0 Å². The topological polar surface area (TPSA) is 26.3 Å². The number of benzene rings is 1. The van der Waals surface area contributed by atoms with Crippen molar-refractivity contribution >= 4 is 6.29 Å². The largest absolute Gasteiger partial charge is 0.496 e. The lowest BCUT2D eigenvalue weighted by Crippen LogP contribution is -2.25. The van der Waals surface area contributed by atoms with Crippen molar-refractivity contribution in [1.82, 2.24) is 0 Å². The summed E-state index contributed by atoms with van der Waals surface area (Å²) in [6.07, 6.45) is 3.59. The van der Waals surface area contributed by atoms with Crippen LogP contribution in [0.25, 0.3) is 0 Å². The van der Waals surface area contributed by atoms with Gasteiger partial charge >= 0.3 is 0 Å². The van der Waals surface area contributed by atoms with Crippen molar-refractivity contribution in [1.29, 1.82) is 0 Å². The number of aldehydes is 1. The van der Waals surface area contributed by atoms with Gasteiger partial charge in [-0.05, 0) is 43.4 Å². The molecule has 1 unspecified atom stereocenters. The van der Waals surface area contributed by atoms with Gasteiger partial charge in [-0.1, -0.05) is 17.7 Å².